The SMILES string of the molecule is CC1Oc2cc(C(=O)NCc3ccccn3)ccc2N(C)C1=O. The number of hydrogen-bond acceptors (Lipinski definition) is 4. The van der Waals surface area contributed by atoms with Crippen LogP contribution in [0.5, 0.6) is 5.75 Å². The molecule has 0 aliphatic carbocycles. The number of carbonyl (C=O) groups is 2. The maximum absolute atomic E-state index is 12.3. The maximum atomic E-state index is 12.3. The van der Waals surface area contributed by atoms with Crippen LogP contribution in [0.4, 0.5) is 5.69 Å². The molecule has 0 spiro atoms. The number of benzene rings is 1. The number of likely N-dealkylation sites (N-methyl/N-ethyl adjacent to an activating group) is 1. The molecule has 2 aromatic rings. The minimum Gasteiger partial charge on any atom is -0.479 e. The van der Waals surface area contributed by atoms with E-state index in [1.54, 1.807) is 43.3 Å². The molecule has 1 N–H and O–H groups in total. The highest BCUT2D eigenvalue weighted by Crippen LogP contribution is 2.33. The summed E-state index contributed by atoms with van der Waals surface area (Å²) in [7, 11) is 1.70. The number of hydrogen-bond donors (Lipinski definition) is 1. The predicted molar refractivity (Wildman–Crippen MR) is 85.3 cm³/mol. The third-order valence-electron chi connectivity index (χ3n) is 3.72. The summed E-state index contributed by atoms with van der Waals surface area (Å²) in [6, 6.07) is 10.6. The van der Waals surface area contributed by atoms with E-state index in [9.17, 15) is 9.59 Å². The minimum absolute atomic E-state index is 0.107. The fourth-order valence-corrected chi connectivity index (χ4v) is 2.43. The van der Waals surface area contributed by atoms with E-state index in [-0.39, 0.29) is 11.8 Å². The summed E-state index contributed by atoms with van der Waals surface area (Å²) in [5.74, 6) is 0.212. The summed E-state index contributed by atoms with van der Waals surface area (Å²) < 4.78 is 5.58. The van der Waals surface area contributed by atoms with Crippen molar-refractivity contribution in [3.05, 3.63) is 53.9 Å². The molecule has 1 unspecified atom stereocenters. The van der Waals surface area contributed by atoms with Gasteiger partial charge < -0.3 is 15.0 Å². The Bertz CT molecular complexity index is 746. The van der Waals surface area contributed by atoms with Crippen molar-refractivity contribution in [2.75, 3.05) is 11.9 Å². The third kappa shape index (κ3) is 3.01. The lowest BCUT2D eigenvalue weighted by molar-refractivity contribution is -0.125. The van der Waals surface area contributed by atoms with E-state index in [4.69, 9.17) is 4.74 Å². The van der Waals surface area contributed by atoms with Crippen LogP contribution in [-0.4, -0.2) is 29.9 Å². The van der Waals surface area contributed by atoms with E-state index in [0.717, 1.165) is 5.69 Å². The van der Waals surface area contributed by atoms with Gasteiger partial charge in [0.25, 0.3) is 11.8 Å². The molecule has 1 aliphatic rings. The molecule has 2 heterocycles. The van der Waals surface area contributed by atoms with Crippen molar-refractivity contribution in [1.29, 1.82) is 0 Å². The average Bonchev–Trinajstić information content (AvgIpc) is 2.58. The summed E-state index contributed by atoms with van der Waals surface area (Å²) in [6.45, 7) is 2.04. The number of pyridine rings is 1. The van der Waals surface area contributed by atoms with Gasteiger partial charge in [-0.25, -0.2) is 0 Å². The Morgan fingerprint density at radius 2 is 2.17 bits per heavy atom. The van der Waals surface area contributed by atoms with Crippen LogP contribution in [0.1, 0.15) is 23.0 Å². The van der Waals surface area contributed by atoms with Crippen molar-refractivity contribution in [1.82, 2.24) is 10.3 Å². The number of amides is 2. The standard InChI is InChI=1S/C17H17N3O3/c1-11-17(22)20(2)14-7-6-12(9-15(14)23-11)16(21)19-10-13-5-3-4-8-18-13/h3-9,11H,10H2,1-2H3,(H,19,21). The van der Waals surface area contributed by atoms with Gasteiger partial charge in [-0.3, -0.25) is 14.6 Å². The third-order valence-corrected chi connectivity index (χ3v) is 3.72. The van der Waals surface area contributed by atoms with Crippen LogP contribution in [0.25, 0.3) is 0 Å². The number of nitrogens with one attached hydrogen (secondary N) is 1. The van der Waals surface area contributed by atoms with E-state index < -0.39 is 6.10 Å². The van der Waals surface area contributed by atoms with Crippen molar-refractivity contribution >= 4 is 17.5 Å². The lowest BCUT2D eigenvalue weighted by atomic mass is 10.1. The smallest absolute Gasteiger partial charge is 0.267 e. The Labute approximate surface area is 134 Å². The Balaban J connectivity index is 1.75. The molecule has 1 aromatic carbocycles. The van der Waals surface area contributed by atoms with E-state index in [0.29, 0.717) is 23.5 Å². The van der Waals surface area contributed by atoms with Gasteiger partial charge in [0.15, 0.2) is 6.10 Å². The number of nitrogens with zero attached hydrogens (tertiary/aromatic N) is 2. The van der Waals surface area contributed by atoms with Gasteiger partial charge in [0, 0.05) is 18.8 Å². The van der Waals surface area contributed by atoms with E-state index in [2.05, 4.69) is 10.3 Å². The minimum atomic E-state index is -0.556. The van der Waals surface area contributed by atoms with Gasteiger partial charge in [-0.15, -0.1) is 0 Å². The van der Waals surface area contributed by atoms with Gasteiger partial charge in [-0.1, -0.05) is 6.07 Å². The molecule has 1 atom stereocenters. The van der Waals surface area contributed by atoms with Crippen LogP contribution in [0.15, 0.2) is 42.6 Å². The highest BCUT2D eigenvalue weighted by atomic mass is 16.5. The molecule has 0 saturated carbocycles. The first kappa shape index (κ1) is 15.0. The van der Waals surface area contributed by atoms with Crippen molar-refractivity contribution in [2.24, 2.45) is 0 Å². The molecule has 0 saturated heterocycles. The molecule has 0 radical (unpaired) electrons. The van der Waals surface area contributed by atoms with Gasteiger partial charge in [-0.05, 0) is 37.3 Å². The van der Waals surface area contributed by atoms with E-state index in [1.165, 1.54) is 0 Å². The van der Waals surface area contributed by atoms with Crippen molar-refractivity contribution in [3.8, 4) is 5.75 Å². The number of rotatable bonds is 3. The fourth-order valence-electron chi connectivity index (χ4n) is 2.43. The van der Waals surface area contributed by atoms with Crippen molar-refractivity contribution in [3.63, 3.8) is 0 Å². The average molecular weight is 311 g/mol. The first-order chi connectivity index (χ1) is 11.1. The first-order valence-electron chi connectivity index (χ1n) is 7.32. The Morgan fingerprint density at radius 1 is 1.35 bits per heavy atom. The van der Waals surface area contributed by atoms with Crippen LogP contribution in [0.2, 0.25) is 0 Å². The number of carbonyl (C=O) groups excluding carboxylic acids is 2. The van der Waals surface area contributed by atoms with Crippen LogP contribution < -0.4 is 15.0 Å². The molecule has 3 rings (SSSR count). The monoisotopic (exact) mass is 311 g/mol. The molecule has 6 heteroatoms. The van der Waals surface area contributed by atoms with E-state index >= 15 is 0 Å². The van der Waals surface area contributed by atoms with Gasteiger partial charge in [0.1, 0.15) is 5.75 Å². The quantitative estimate of drug-likeness (QED) is 0.937. The van der Waals surface area contributed by atoms with Crippen LogP contribution in [0, 0.1) is 0 Å². The molecule has 0 bridgehead atoms. The second kappa shape index (κ2) is 6.08. The lowest BCUT2D eigenvalue weighted by Crippen LogP contribution is -2.42. The van der Waals surface area contributed by atoms with Crippen molar-refractivity contribution < 1.29 is 14.3 Å². The molecule has 118 valence electrons. The maximum Gasteiger partial charge on any atom is 0.267 e. The second-order valence-corrected chi connectivity index (χ2v) is 5.34. The molecule has 23 heavy (non-hydrogen) atoms. The second-order valence-electron chi connectivity index (χ2n) is 5.34. The zero-order valence-corrected chi connectivity index (χ0v) is 12.9. The van der Waals surface area contributed by atoms with E-state index in [1.807, 2.05) is 18.2 Å². The predicted octanol–water partition coefficient (Wildman–Crippen LogP) is 1.76. The molecular weight excluding hydrogens is 294 g/mol. The Hall–Kier alpha value is -2.89. The summed E-state index contributed by atoms with van der Waals surface area (Å²) in [5, 5.41) is 2.82. The zero-order valence-electron chi connectivity index (χ0n) is 12.9. The van der Waals surface area contributed by atoms with Gasteiger partial charge in [0.05, 0.1) is 17.9 Å². The highest BCUT2D eigenvalue weighted by molar-refractivity contribution is 6.01. The topological polar surface area (TPSA) is 71.5 Å². The van der Waals surface area contributed by atoms with Gasteiger partial charge in [-0.2, -0.15) is 0 Å². The molecule has 1 aliphatic heterocycles. The zero-order chi connectivity index (χ0) is 16.4. The molecular formula is C17H17N3O3. The summed E-state index contributed by atoms with van der Waals surface area (Å²) >= 11 is 0. The number of aromatic nitrogens is 1. The van der Waals surface area contributed by atoms with Crippen LogP contribution >= 0.6 is 0 Å². The first-order valence-corrected chi connectivity index (χ1v) is 7.32. The lowest BCUT2D eigenvalue weighted by Gasteiger charge is -2.30. The normalized spacial score (nSPS) is 16.5. The van der Waals surface area contributed by atoms with Crippen LogP contribution in [0.3, 0.4) is 0 Å². The summed E-state index contributed by atoms with van der Waals surface area (Å²) in [6.07, 6.45) is 1.13. The van der Waals surface area contributed by atoms with Gasteiger partial charge >= 0.3 is 0 Å². The van der Waals surface area contributed by atoms with Crippen molar-refractivity contribution in [2.45, 2.75) is 19.6 Å². The Kier molecular flexibility index (Phi) is 3.97. The molecule has 6 nitrogen and oxygen atoms in total. The summed E-state index contributed by atoms with van der Waals surface area (Å²) in [5.41, 5.74) is 1.93. The summed E-state index contributed by atoms with van der Waals surface area (Å²) in [4.78, 5) is 29.8. The number of anilines is 1. The Morgan fingerprint density at radius 3 is 2.91 bits per heavy atom. The molecule has 1 aromatic heterocycles. The van der Waals surface area contributed by atoms with Gasteiger partial charge in [0.2, 0.25) is 0 Å². The largest absolute Gasteiger partial charge is 0.479 e. The molecule has 2 amide bonds. The highest BCUT2D eigenvalue weighted by Gasteiger charge is 2.29. The molecule has 0 fully saturated rings. The number of fused-ring (bicyclic) bond motifs is 1. The number of ether oxygens (including phenoxy) is 1. The van der Waals surface area contributed by atoms with Crippen LogP contribution in [-0.2, 0) is 11.3 Å². The fraction of sp³-hybridized carbons (Fsp3) is 0.235.